The van der Waals surface area contributed by atoms with Gasteiger partial charge in [-0.3, -0.25) is 10.2 Å². The van der Waals surface area contributed by atoms with Gasteiger partial charge in [-0.15, -0.1) is 0 Å². The van der Waals surface area contributed by atoms with Gasteiger partial charge in [0, 0.05) is 12.1 Å². The minimum absolute atomic E-state index is 0.0335. The average molecular weight is 372 g/mol. The number of rotatable bonds is 0. The second-order valence-electron chi connectivity index (χ2n) is 8.65. The number of allylic oxidation sites excluding steroid dienone is 4. The van der Waals surface area contributed by atoms with Crippen molar-refractivity contribution in [3.05, 3.63) is 59.0 Å². The summed E-state index contributed by atoms with van der Waals surface area (Å²) in [5.41, 5.74) is 11.2. The molecule has 0 radical (unpaired) electrons. The minimum Gasteiger partial charge on any atom is -0.512 e. The van der Waals surface area contributed by atoms with Crippen LogP contribution < -0.4 is 5.73 Å². The van der Waals surface area contributed by atoms with Crippen molar-refractivity contribution < 1.29 is 5.11 Å². The molecule has 3 rings (SSSR count). The predicted octanol–water partition coefficient (Wildman–Crippen LogP) is 6.59. The van der Waals surface area contributed by atoms with Crippen LogP contribution in [0.2, 0.25) is 0 Å². The Labute approximate surface area is 164 Å². The van der Waals surface area contributed by atoms with Crippen LogP contribution in [0.4, 0.5) is 0 Å². The summed E-state index contributed by atoms with van der Waals surface area (Å²) in [5.74, 6) is 0.394. The second kappa shape index (κ2) is 9.03. The standard InChI is InChI=1S/C15H25NO.C6H6N2.C2H6/c1-14(2,3)10-7-11(16)9-13(17)12(8-10)15(4,5)6;1-2-4-6-5(3-1)7-8-6;1-2/h7-8,17H,9,16H2,1-6H3;1-4,7-8H;1-2H3. The fraction of sp³-hybridized carbons (Fsp3) is 0.478. The molecule has 0 saturated carbocycles. The van der Waals surface area contributed by atoms with Crippen molar-refractivity contribution >= 4 is 11.0 Å². The van der Waals surface area contributed by atoms with Crippen LogP contribution in [0.15, 0.2) is 59.0 Å². The van der Waals surface area contributed by atoms with Gasteiger partial charge in [0.1, 0.15) is 5.76 Å². The average Bonchev–Trinajstić information content (AvgIpc) is 2.68. The molecule has 1 aromatic heterocycles. The number of H-pyrrole nitrogens is 2. The Morgan fingerprint density at radius 1 is 0.852 bits per heavy atom. The smallest absolute Gasteiger partial charge is 0.102 e. The van der Waals surface area contributed by atoms with Gasteiger partial charge in [0.25, 0.3) is 0 Å². The molecule has 1 aliphatic carbocycles. The zero-order valence-electron chi connectivity index (χ0n) is 18.2. The SMILES string of the molecule is CC.CC(C)(C)C1=CC(C(C)(C)C)=C(O)CC(N)=C1.c1ccc2[nH][nH]c2c1. The van der Waals surface area contributed by atoms with Crippen LogP contribution in [0.5, 0.6) is 0 Å². The Balaban J connectivity index is 0.000000299. The number of hydrogen-bond acceptors (Lipinski definition) is 2. The van der Waals surface area contributed by atoms with E-state index in [2.05, 4.69) is 57.8 Å². The van der Waals surface area contributed by atoms with E-state index in [1.807, 2.05) is 44.2 Å². The largest absolute Gasteiger partial charge is 0.512 e. The molecular formula is C23H37N3O. The van der Waals surface area contributed by atoms with Crippen LogP contribution in [0, 0.1) is 10.8 Å². The highest BCUT2D eigenvalue weighted by molar-refractivity contribution is 5.75. The molecule has 4 heteroatoms. The van der Waals surface area contributed by atoms with Crippen LogP contribution in [-0.4, -0.2) is 15.3 Å². The van der Waals surface area contributed by atoms with Crippen LogP contribution in [0.3, 0.4) is 0 Å². The summed E-state index contributed by atoms with van der Waals surface area (Å²) in [6.45, 7) is 16.8. The van der Waals surface area contributed by atoms with E-state index >= 15 is 0 Å². The third-order valence-corrected chi connectivity index (χ3v) is 4.26. The van der Waals surface area contributed by atoms with Crippen LogP contribution in [0.1, 0.15) is 61.8 Å². The Morgan fingerprint density at radius 3 is 1.67 bits per heavy atom. The van der Waals surface area contributed by atoms with E-state index in [0.29, 0.717) is 12.2 Å². The van der Waals surface area contributed by atoms with Crippen molar-refractivity contribution in [3.8, 4) is 0 Å². The molecule has 150 valence electrons. The maximum absolute atomic E-state index is 10.2. The number of nitrogens with one attached hydrogen (secondary N) is 2. The molecule has 1 heterocycles. The van der Waals surface area contributed by atoms with Gasteiger partial charge in [-0.25, -0.2) is 0 Å². The van der Waals surface area contributed by atoms with E-state index in [1.54, 1.807) is 0 Å². The minimum atomic E-state index is -0.0704. The number of aliphatic hydroxyl groups excluding tert-OH is 1. The molecule has 2 aromatic rings. The highest BCUT2D eigenvalue weighted by Crippen LogP contribution is 2.37. The molecule has 0 amide bonds. The normalized spacial score (nSPS) is 15.1. The van der Waals surface area contributed by atoms with E-state index < -0.39 is 0 Å². The highest BCUT2D eigenvalue weighted by Gasteiger charge is 2.25. The molecule has 0 fully saturated rings. The van der Waals surface area contributed by atoms with Crippen LogP contribution in [-0.2, 0) is 0 Å². The van der Waals surface area contributed by atoms with E-state index in [9.17, 15) is 5.11 Å². The van der Waals surface area contributed by atoms with Gasteiger partial charge in [-0.2, -0.15) is 0 Å². The number of nitrogens with two attached hydrogens (primary N) is 1. The summed E-state index contributed by atoms with van der Waals surface area (Å²) >= 11 is 0. The number of aromatic amines is 2. The van der Waals surface area contributed by atoms with Crippen molar-refractivity contribution in [2.45, 2.75) is 61.8 Å². The van der Waals surface area contributed by atoms with Crippen LogP contribution in [0.25, 0.3) is 11.0 Å². The van der Waals surface area contributed by atoms with E-state index in [0.717, 1.165) is 11.3 Å². The lowest BCUT2D eigenvalue weighted by Gasteiger charge is -2.25. The molecule has 27 heavy (non-hydrogen) atoms. The third-order valence-electron chi connectivity index (χ3n) is 4.26. The zero-order valence-corrected chi connectivity index (χ0v) is 18.2. The molecule has 5 N–H and O–H groups in total. The van der Waals surface area contributed by atoms with Gasteiger partial charge < -0.3 is 10.8 Å². The van der Waals surface area contributed by atoms with E-state index in [-0.39, 0.29) is 10.8 Å². The number of aliphatic hydroxyl groups is 1. The van der Waals surface area contributed by atoms with E-state index in [4.69, 9.17) is 5.73 Å². The molecule has 4 nitrogen and oxygen atoms in total. The lowest BCUT2D eigenvalue weighted by atomic mass is 9.80. The summed E-state index contributed by atoms with van der Waals surface area (Å²) in [6.07, 6.45) is 4.53. The van der Waals surface area contributed by atoms with Gasteiger partial charge >= 0.3 is 0 Å². The van der Waals surface area contributed by atoms with Crippen molar-refractivity contribution in [2.75, 3.05) is 0 Å². The summed E-state index contributed by atoms with van der Waals surface area (Å²) in [7, 11) is 0. The molecule has 0 unspecified atom stereocenters. The fourth-order valence-corrected chi connectivity index (χ4v) is 2.68. The summed E-state index contributed by atoms with van der Waals surface area (Å²) in [6, 6.07) is 8.08. The molecule has 0 spiro atoms. The maximum atomic E-state index is 10.2. The molecule has 1 aromatic carbocycles. The van der Waals surface area contributed by atoms with Gasteiger partial charge in [0.15, 0.2) is 0 Å². The van der Waals surface area contributed by atoms with Gasteiger partial charge in [-0.05, 0) is 40.2 Å². The van der Waals surface area contributed by atoms with Gasteiger partial charge in [-0.1, -0.05) is 73.6 Å². The summed E-state index contributed by atoms with van der Waals surface area (Å²) in [4.78, 5) is 0. The fourth-order valence-electron chi connectivity index (χ4n) is 2.68. The van der Waals surface area contributed by atoms with Gasteiger partial charge in [0.2, 0.25) is 0 Å². The Hall–Kier alpha value is -2.36. The lowest BCUT2D eigenvalue weighted by molar-refractivity contribution is 0.367. The number of para-hydroxylation sites is 2. The molecule has 0 atom stereocenters. The Bertz CT molecular complexity index is 788. The molecule has 0 saturated heterocycles. The second-order valence-corrected chi connectivity index (χ2v) is 8.65. The van der Waals surface area contributed by atoms with Crippen LogP contribution >= 0.6 is 0 Å². The third kappa shape index (κ3) is 6.38. The number of benzene rings is 1. The highest BCUT2D eigenvalue weighted by atomic mass is 16.3. The van der Waals surface area contributed by atoms with Crippen molar-refractivity contribution in [2.24, 2.45) is 16.6 Å². The summed E-state index contributed by atoms with van der Waals surface area (Å²) < 4.78 is 0. The van der Waals surface area contributed by atoms with Gasteiger partial charge in [0.05, 0.1) is 11.0 Å². The van der Waals surface area contributed by atoms with Crippen molar-refractivity contribution in [1.82, 2.24) is 10.2 Å². The molecular weight excluding hydrogens is 334 g/mol. The predicted molar refractivity (Wildman–Crippen MR) is 118 cm³/mol. The quantitative estimate of drug-likeness (QED) is 0.422. The zero-order chi connectivity index (χ0) is 20.8. The van der Waals surface area contributed by atoms with E-state index in [1.165, 1.54) is 16.6 Å². The van der Waals surface area contributed by atoms with Crippen molar-refractivity contribution in [1.29, 1.82) is 0 Å². The number of fused-ring (bicyclic) bond motifs is 1. The lowest BCUT2D eigenvalue weighted by Crippen LogP contribution is -2.13. The molecule has 0 bridgehead atoms. The Kier molecular flexibility index (Phi) is 7.58. The first-order valence-electron chi connectivity index (χ1n) is 9.70. The monoisotopic (exact) mass is 371 g/mol. The first kappa shape index (κ1) is 22.7. The number of hydrogen-bond donors (Lipinski definition) is 4. The van der Waals surface area contributed by atoms with Crippen molar-refractivity contribution in [3.63, 3.8) is 0 Å². The number of aromatic nitrogens is 2. The first-order chi connectivity index (χ1) is 12.5. The molecule has 0 aliphatic heterocycles. The first-order valence-corrected chi connectivity index (χ1v) is 9.70. The maximum Gasteiger partial charge on any atom is 0.102 e. The Morgan fingerprint density at radius 2 is 1.33 bits per heavy atom. The topological polar surface area (TPSA) is 77.8 Å². The summed E-state index contributed by atoms with van der Waals surface area (Å²) in [5, 5.41) is 16.0. The molecule has 1 aliphatic rings.